The van der Waals surface area contributed by atoms with Crippen molar-refractivity contribution in [3.05, 3.63) is 34.1 Å². The van der Waals surface area contributed by atoms with Crippen LogP contribution in [0.25, 0.3) is 11.4 Å². The van der Waals surface area contributed by atoms with Crippen LogP contribution in [-0.4, -0.2) is 24.8 Å². The standard InChI is InChI=1S/C11H10Cl2N2O3S/c1-6(19(2,16)17)11-14-10(15-18-11)8-4-3-7(12)5-9(8)13/h3-6H,1-2H3. The van der Waals surface area contributed by atoms with Crippen molar-refractivity contribution in [3.8, 4) is 11.4 Å². The topological polar surface area (TPSA) is 73.1 Å². The molecule has 0 N–H and O–H groups in total. The fourth-order valence-corrected chi connectivity index (χ4v) is 2.32. The Labute approximate surface area is 120 Å². The number of hydrogen-bond donors (Lipinski definition) is 0. The molecule has 0 aliphatic rings. The quantitative estimate of drug-likeness (QED) is 0.868. The van der Waals surface area contributed by atoms with E-state index in [1.165, 1.54) is 6.92 Å². The highest BCUT2D eigenvalue weighted by molar-refractivity contribution is 7.90. The van der Waals surface area contributed by atoms with Crippen molar-refractivity contribution in [2.24, 2.45) is 0 Å². The van der Waals surface area contributed by atoms with Crippen molar-refractivity contribution >= 4 is 33.0 Å². The second-order valence-corrected chi connectivity index (χ2v) is 7.26. The van der Waals surface area contributed by atoms with Crippen LogP contribution in [0.3, 0.4) is 0 Å². The summed E-state index contributed by atoms with van der Waals surface area (Å²) in [6.45, 7) is 1.48. The SMILES string of the molecule is CC(c1nc(-c2ccc(Cl)cc2Cl)no1)S(C)(=O)=O. The van der Waals surface area contributed by atoms with Crippen LogP contribution in [-0.2, 0) is 9.84 Å². The zero-order chi connectivity index (χ0) is 14.2. The highest BCUT2D eigenvalue weighted by Crippen LogP contribution is 2.29. The summed E-state index contributed by atoms with van der Waals surface area (Å²) in [5.74, 6) is 0.260. The Kier molecular flexibility index (Phi) is 3.85. The molecule has 19 heavy (non-hydrogen) atoms. The molecule has 1 aromatic carbocycles. The zero-order valence-electron chi connectivity index (χ0n) is 10.1. The number of halogens is 2. The van der Waals surface area contributed by atoms with Crippen molar-refractivity contribution in [1.29, 1.82) is 0 Å². The lowest BCUT2D eigenvalue weighted by molar-refractivity contribution is 0.377. The summed E-state index contributed by atoms with van der Waals surface area (Å²) in [5, 5.41) is 3.73. The lowest BCUT2D eigenvalue weighted by Crippen LogP contribution is -2.07. The van der Waals surface area contributed by atoms with E-state index in [-0.39, 0.29) is 11.7 Å². The molecule has 0 spiro atoms. The number of benzene rings is 1. The summed E-state index contributed by atoms with van der Waals surface area (Å²) in [6, 6.07) is 4.83. The van der Waals surface area contributed by atoms with Gasteiger partial charge in [0.2, 0.25) is 11.7 Å². The first kappa shape index (κ1) is 14.3. The van der Waals surface area contributed by atoms with Crippen LogP contribution in [0.1, 0.15) is 18.1 Å². The summed E-state index contributed by atoms with van der Waals surface area (Å²) in [7, 11) is -3.29. The molecular weight excluding hydrogens is 311 g/mol. The highest BCUT2D eigenvalue weighted by atomic mass is 35.5. The minimum Gasteiger partial charge on any atom is -0.338 e. The van der Waals surface area contributed by atoms with E-state index >= 15 is 0 Å². The van der Waals surface area contributed by atoms with Crippen LogP contribution < -0.4 is 0 Å². The van der Waals surface area contributed by atoms with E-state index in [1.807, 2.05) is 0 Å². The summed E-state index contributed by atoms with van der Waals surface area (Å²) in [4.78, 5) is 4.05. The Bertz CT molecular complexity index is 712. The Morgan fingerprint density at radius 1 is 1.32 bits per heavy atom. The predicted molar refractivity (Wildman–Crippen MR) is 73.0 cm³/mol. The highest BCUT2D eigenvalue weighted by Gasteiger charge is 2.24. The van der Waals surface area contributed by atoms with Gasteiger partial charge in [0.1, 0.15) is 5.25 Å². The number of sulfone groups is 1. The lowest BCUT2D eigenvalue weighted by Gasteiger charge is -2.01. The monoisotopic (exact) mass is 320 g/mol. The first-order chi connectivity index (χ1) is 8.79. The number of hydrogen-bond acceptors (Lipinski definition) is 5. The molecule has 8 heteroatoms. The molecule has 5 nitrogen and oxygen atoms in total. The fraction of sp³-hybridized carbons (Fsp3) is 0.273. The molecule has 0 aliphatic carbocycles. The molecule has 0 saturated carbocycles. The van der Waals surface area contributed by atoms with Gasteiger partial charge in [0.25, 0.3) is 0 Å². The van der Waals surface area contributed by atoms with Crippen molar-refractivity contribution in [2.45, 2.75) is 12.2 Å². The molecule has 0 saturated heterocycles. The summed E-state index contributed by atoms with van der Waals surface area (Å²) in [6.07, 6.45) is 1.11. The molecular formula is C11H10Cl2N2O3S. The second-order valence-electron chi connectivity index (χ2n) is 4.05. The largest absolute Gasteiger partial charge is 0.338 e. The average Bonchev–Trinajstić information content (AvgIpc) is 2.75. The number of nitrogens with zero attached hydrogens (tertiary/aromatic N) is 2. The van der Waals surface area contributed by atoms with Crippen LogP contribution in [0.15, 0.2) is 22.7 Å². The smallest absolute Gasteiger partial charge is 0.244 e. The van der Waals surface area contributed by atoms with Crippen molar-refractivity contribution in [2.75, 3.05) is 6.26 Å². The van der Waals surface area contributed by atoms with Gasteiger partial charge in [-0.25, -0.2) is 8.42 Å². The van der Waals surface area contributed by atoms with Gasteiger partial charge in [0.15, 0.2) is 9.84 Å². The normalized spacial score (nSPS) is 13.5. The van der Waals surface area contributed by atoms with Crippen LogP contribution in [0.5, 0.6) is 0 Å². The van der Waals surface area contributed by atoms with Gasteiger partial charge in [-0.05, 0) is 25.1 Å². The third-order valence-corrected chi connectivity index (χ3v) is 4.64. The minimum atomic E-state index is -3.29. The van der Waals surface area contributed by atoms with Gasteiger partial charge in [0, 0.05) is 16.8 Å². The van der Waals surface area contributed by atoms with Gasteiger partial charge >= 0.3 is 0 Å². The van der Waals surface area contributed by atoms with E-state index in [4.69, 9.17) is 27.7 Å². The van der Waals surface area contributed by atoms with E-state index in [0.717, 1.165) is 6.26 Å². The van der Waals surface area contributed by atoms with Gasteiger partial charge in [-0.2, -0.15) is 4.98 Å². The summed E-state index contributed by atoms with van der Waals surface area (Å²) < 4.78 is 27.8. The van der Waals surface area contributed by atoms with E-state index in [1.54, 1.807) is 18.2 Å². The van der Waals surface area contributed by atoms with Gasteiger partial charge in [0.05, 0.1) is 5.02 Å². The molecule has 0 bridgehead atoms. The van der Waals surface area contributed by atoms with Gasteiger partial charge < -0.3 is 4.52 Å². The van der Waals surface area contributed by atoms with Gasteiger partial charge in [-0.1, -0.05) is 28.4 Å². The lowest BCUT2D eigenvalue weighted by atomic mass is 10.2. The predicted octanol–water partition coefficient (Wildman–Crippen LogP) is 3.15. The molecule has 1 heterocycles. The Hall–Kier alpha value is -1.11. The van der Waals surface area contributed by atoms with Crippen LogP contribution >= 0.6 is 23.2 Å². The molecule has 0 amide bonds. The molecule has 1 atom stereocenters. The molecule has 1 aromatic heterocycles. The average molecular weight is 321 g/mol. The van der Waals surface area contributed by atoms with E-state index in [9.17, 15) is 8.42 Å². The fourth-order valence-electron chi connectivity index (χ4n) is 1.36. The third kappa shape index (κ3) is 3.08. The van der Waals surface area contributed by atoms with Crippen molar-refractivity contribution in [3.63, 3.8) is 0 Å². The zero-order valence-corrected chi connectivity index (χ0v) is 12.4. The number of rotatable bonds is 3. The maximum Gasteiger partial charge on any atom is 0.244 e. The minimum absolute atomic E-state index is 0.0310. The molecule has 2 aromatic rings. The van der Waals surface area contributed by atoms with Gasteiger partial charge in [-0.15, -0.1) is 0 Å². The van der Waals surface area contributed by atoms with Crippen LogP contribution in [0.2, 0.25) is 10.0 Å². The third-order valence-electron chi connectivity index (χ3n) is 2.60. The molecule has 102 valence electrons. The Balaban J connectivity index is 2.41. The van der Waals surface area contributed by atoms with E-state index in [2.05, 4.69) is 10.1 Å². The first-order valence-electron chi connectivity index (χ1n) is 5.27. The Morgan fingerprint density at radius 2 is 2.00 bits per heavy atom. The van der Waals surface area contributed by atoms with Crippen molar-refractivity contribution in [1.82, 2.24) is 10.1 Å². The maximum atomic E-state index is 11.4. The summed E-state index contributed by atoms with van der Waals surface area (Å²) in [5.41, 5.74) is 0.529. The summed E-state index contributed by atoms with van der Waals surface area (Å²) >= 11 is 11.8. The van der Waals surface area contributed by atoms with E-state index in [0.29, 0.717) is 15.6 Å². The molecule has 0 radical (unpaired) electrons. The molecule has 0 fully saturated rings. The number of aromatic nitrogens is 2. The van der Waals surface area contributed by atoms with Crippen molar-refractivity contribution < 1.29 is 12.9 Å². The maximum absolute atomic E-state index is 11.4. The van der Waals surface area contributed by atoms with Crippen LogP contribution in [0, 0.1) is 0 Å². The Morgan fingerprint density at radius 3 is 2.58 bits per heavy atom. The van der Waals surface area contributed by atoms with Gasteiger partial charge in [-0.3, -0.25) is 0 Å². The molecule has 0 aliphatic heterocycles. The molecule has 1 unspecified atom stereocenters. The molecule has 2 rings (SSSR count). The second kappa shape index (κ2) is 5.11. The van der Waals surface area contributed by atoms with E-state index < -0.39 is 15.1 Å². The van der Waals surface area contributed by atoms with Crippen LogP contribution in [0.4, 0.5) is 0 Å². The first-order valence-corrected chi connectivity index (χ1v) is 7.98.